The number of anilines is 1. The second-order valence-electron chi connectivity index (χ2n) is 6.29. The van der Waals surface area contributed by atoms with Gasteiger partial charge in [-0.1, -0.05) is 32.9 Å². The zero-order valence-corrected chi connectivity index (χ0v) is 13.4. The molecule has 1 aromatic rings. The van der Waals surface area contributed by atoms with Crippen LogP contribution in [0.25, 0.3) is 0 Å². The molecule has 2 N–H and O–H groups in total. The molecule has 0 aromatic heterocycles. The Morgan fingerprint density at radius 2 is 2.10 bits per heavy atom. The molecule has 1 aliphatic heterocycles. The molecule has 0 aliphatic carbocycles. The van der Waals surface area contributed by atoms with Crippen molar-refractivity contribution >= 4 is 5.69 Å². The van der Waals surface area contributed by atoms with Crippen LogP contribution in [0.15, 0.2) is 18.2 Å². The van der Waals surface area contributed by atoms with Gasteiger partial charge in [0.1, 0.15) is 0 Å². The number of nitrogens with two attached hydrogens (primary N) is 1. The van der Waals surface area contributed by atoms with E-state index in [4.69, 9.17) is 5.73 Å². The number of nitrogens with zero attached hydrogens (tertiary/aromatic N) is 2. The van der Waals surface area contributed by atoms with Gasteiger partial charge in [0.15, 0.2) is 0 Å². The van der Waals surface area contributed by atoms with Gasteiger partial charge in [0.25, 0.3) is 0 Å². The molecule has 1 unspecified atom stereocenters. The first-order valence-corrected chi connectivity index (χ1v) is 7.84. The van der Waals surface area contributed by atoms with Crippen LogP contribution < -0.4 is 10.6 Å². The summed E-state index contributed by atoms with van der Waals surface area (Å²) in [7, 11) is 2.17. The van der Waals surface area contributed by atoms with Gasteiger partial charge in [-0.2, -0.15) is 0 Å². The van der Waals surface area contributed by atoms with Crippen molar-refractivity contribution < 1.29 is 0 Å². The van der Waals surface area contributed by atoms with Crippen LogP contribution in [0.3, 0.4) is 0 Å². The van der Waals surface area contributed by atoms with E-state index in [1.165, 1.54) is 16.8 Å². The maximum atomic E-state index is 6.08. The predicted octanol–water partition coefficient (Wildman–Crippen LogP) is 2.66. The largest absolute Gasteiger partial charge is 0.374 e. The first-order chi connectivity index (χ1) is 9.56. The summed E-state index contributed by atoms with van der Waals surface area (Å²) < 4.78 is 0. The van der Waals surface area contributed by atoms with Crippen LogP contribution in [0.1, 0.15) is 37.9 Å². The highest BCUT2D eigenvalue weighted by Crippen LogP contribution is 2.31. The first kappa shape index (κ1) is 15.3. The zero-order valence-electron chi connectivity index (χ0n) is 13.4. The average Bonchev–Trinajstić information content (AvgIpc) is 2.79. The molecule has 3 heteroatoms. The molecule has 112 valence electrons. The maximum Gasteiger partial charge on any atom is 0.0470 e. The molecular weight excluding hydrogens is 246 g/mol. The van der Waals surface area contributed by atoms with Crippen LogP contribution >= 0.6 is 0 Å². The van der Waals surface area contributed by atoms with Crippen molar-refractivity contribution in [1.82, 2.24) is 4.90 Å². The van der Waals surface area contributed by atoms with Crippen LogP contribution in [0.2, 0.25) is 0 Å². The minimum absolute atomic E-state index is 0.346. The van der Waals surface area contributed by atoms with Gasteiger partial charge >= 0.3 is 0 Å². The summed E-state index contributed by atoms with van der Waals surface area (Å²) in [6.07, 6.45) is 1.16. The highest BCUT2D eigenvalue weighted by molar-refractivity contribution is 5.58. The molecule has 0 radical (unpaired) electrons. The molecule has 0 amide bonds. The third kappa shape index (κ3) is 3.15. The molecule has 1 aromatic carbocycles. The fraction of sp³-hybridized carbons (Fsp3) is 0.647. The molecule has 2 rings (SSSR count). The molecule has 3 nitrogen and oxygen atoms in total. The van der Waals surface area contributed by atoms with Crippen LogP contribution in [0, 0.1) is 5.92 Å². The number of likely N-dealkylation sites (N-methyl/N-ethyl adjacent to an activating group) is 2. The van der Waals surface area contributed by atoms with Gasteiger partial charge in [0.2, 0.25) is 0 Å². The summed E-state index contributed by atoms with van der Waals surface area (Å²) in [4.78, 5) is 4.84. The highest BCUT2D eigenvalue weighted by atomic mass is 15.2. The summed E-state index contributed by atoms with van der Waals surface area (Å²) in [5.74, 6) is 0.671. The van der Waals surface area contributed by atoms with Gasteiger partial charge in [0, 0.05) is 38.4 Å². The Morgan fingerprint density at radius 3 is 2.70 bits per heavy atom. The molecule has 0 spiro atoms. The fourth-order valence-electron chi connectivity index (χ4n) is 3.24. The predicted molar refractivity (Wildman–Crippen MR) is 87.3 cm³/mol. The molecule has 0 saturated heterocycles. The summed E-state index contributed by atoms with van der Waals surface area (Å²) in [6.45, 7) is 10.8. The molecule has 0 saturated carbocycles. The van der Waals surface area contributed by atoms with E-state index in [0.29, 0.717) is 18.5 Å². The highest BCUT2D eigenvalue weighted by Gasteiger charge is 2.22. The van der Waals surface area contributed by atoms with Gasteiger partial charge < -0.3 is 10.6 Å². The molecule has 1 heterocycles. The van der Waals surface area contributed by atoms with E-state index < -0.39 is 0 Å². The fourth-order valence-corrected chi connectivity index (χ4v) is 3.24. The van der Waals surface area contributed by atoms with Crippen molar-refractivity contribution in [3.63, 3.8) is 0 Å². The van der Waals surface area contributed by atoms with Gasteiger partial charge in [-0.15, -0.1) is 0 Å². The number of fused-ring (bicyclic) bond motifs is 1. The lowest BCUT2D eigenvalue weighted by Gasteiger charge is -2.32. The van der Waals surface area contributed by atoms with E-state index >= 15 is 0 Å². The lowest BCUT2D eigenvalue weighted by atomic mass is 10.00. The molecule has 20 heavy (non-hydrogen) atoms. The number of benzene rings is 1. The lowest BCUT2D eigenvalue weighted by Crippen LogP contribution is -2.36. The van der Waals surface area contributed by atoms with Crippen molar-refractivity contribution in [2.45, 2.75) is 33.2 Å². The number of rotatable bonds is 6. The van der Waals surface area contributed by atoms with Crippen LogP contribution in [-0.2, 0) is 6.42 Å². The van der Waals surface area contributed by atoms with E-state index in [-0.39, 0.29) is 0 Å². The first-order valence-electron chi connectivity index (χ1n) is 7.84. The quantitative estimate of drug-likeness (QED) is 0.866. The van der Waals surface area contributed by atoms with Crippen LogP contribution in [0.5, 0.6) is 0 Å². The Bertz CT molecular complexity index is 442. The van der Waals surface area contributed by atoms with Gasteiger partial charge in [-0.3, -0.25) is 4.90 Å². The second kappa shape index (κ2) is 6.59. The third-order valence-electron chi connectivity index (χ3n) is 4.29. The third-order valence-corrected chi connectivity index (χ3v) is 4.29. The van der Waals surface area contributed by atoms with E-state index in [1.807, 2.05) is 0 Å². The lowest BCUT2D eigenvalue weighted by molar-refractivity contribution is 0.189. The van der Waals surface area contributed by atoms with E-state index in [0.717, 1.165) is 26.1 Å². The second-order valence-corrected chi connectivity index (χ2v) is 6.29. The van der Waals surface area contributed by atoms with E-state index in [2.05, 4.69) is 55.8 Å². The Balaban J connectivity index is 2.23. The average molecular weight is 275 g/mol. The Hall–Kier alpha value is -1.06. The molecule has 0 fully saturated rings. The monoisotopic (exact) mass is 275 g/mol. The maximum absolute atomic E-state index is 6.08. The van der Waals surface area contributed by atoms with Gasteiger partial charge in [-0.05, 0) is 36.1 Å². The van der Waals surface area contributed by atoms with Gasteiger partial charge in [-0.25, -0.2) is 0 Å². The normalized spacial score (nSPS) is 16.1. The summed E-state index contributed by atoms with van der Waals surface area (Å²) in [6, 6.07) is 7.25. The number of hydrogen-bond acceptors (Lipinski definition) is 3. The van der Waals surface area contributed by atoms with Crippen LogP contribution in [0.4, 0.5) is 5.69 Å². The van der Waals surface area contributed by atoms with Crippen molar-refractivity contribution in [2.75, 3.05) is 38.1 Å². The summed E-state index contributed by atoms with van der Waals surface area (Å²) >= 11 is 0. The molecular formula is C17H29N3. The Kier molecular flexibility index (Phi) is 5.06. The smallest absolute Gasteiger partial charge is 0.0470 e. The van der Waals surface area contributed by atoms with E-state index in [9.17, 15) is 0 Å². The Morgan fingerprint density at radius 1 is 1.35 bits per heavy atom. The van der Waals surface area contributed by atoms with Crippen LogP contribution in [-0.4, -0.2) is 38.1 Å². The standard InChI is InChI=1S/C17H29N3/c1-5-20(12-13(2)3)17(11-18)14-6-7-16-15(10-14)8-9-19(16)4/h6-7,10,13,17H,5,8-9,11-12,18H2,1-4H3. The minimum Gasteiger partial charge on any atom is -0.374 e. The number of hydrogen-bond donors (Lipinski definition) is 1. The summed E-state index contributed by atoms with van der Waals surface area (Å²) in [5, 5.41) is 0. The SMILES string of the molecule is CCN(CC(C)C)C(CN)c1ccc2c(c1)CCN2C. The topological polar surface area (TPSA) is 32.5 Å². The van der Waals surface area contributed by atoms with E-state index in [1.54, 1.807) is 0 Å². The molecule has 0 bridgehead atoms. The molecule has 1 atom stereocenters. The minimum atomic E-state index is 0.346. The zero-order chi connectivity index (χ0) is 14.7. The van der Waals surface area contributed by atoms with Gasteiger partial charge in [0.05, 0.1) is 0 Å². The van der Waals surface area contributed by atoms with Crippen molar-refractivity contribution in [2.24, 2.45) is 11.7 Å². The van der Waals surface area contributed by atoms with Crippen molar-refractivity contribution in [1.29, 1.82) is 0 Å². The molecule has 1 aliphatic rings. The van der Waals surface area contributed by atoms with Crippen molar-refractivity contribution in [3.8, 4) is 0 Å². The Labute approximate surface area is 123 Å². The summed E-state index contributed by atoms with van der Waals surface area (Å²) in [5.41, 5.74) is 10.3. The van der Waals surface area contributed by atoms with Crippen molar-refractivity contribution in [3.05, 3.63) is 29.3 Å².